The van der Waals surface area contributed by atoms with E-state index in [0.29, 0.717) is 6.54 Å². The predicted molar refractivity (Wildman–Crippen MR) is 56.3 cm³/mol. The molecule has 0 rings (SSSR count). The van der Waals surface area contributed by atoms with Gasteiger partial charge in [0.05, 0.1) is 6.42 Å². The Bertz CT molecular complexity index is 433. The first-order valence-electron chi connectivity index (χ1n) is 4.79. The van der Waals surface area contributed by atoms with Gasteiger partial charge in [0, 0.05) is 6.54 Å². The summed E-state index contributed by atoms with van der Waals surface area (Å²) in [5.74, 6) is -6.21. The summed E-state index contributed by atoms with van der Waals surface area (Å²) in [6.07, 6.45) is -11.4. The fraction of sp³-hybridized carbons (Fsp3) is 0.750. The van der Waals surface area contributed by atoms with Crippen LogP contribution in [-0.2, 0) is 10.1 Å². The molecule has 0 aliphatic rings. The Morgan fingerprint density at radius 2 is 1.48 bits per heavy atom. The standard InChI is InChI=1S/C5H4F8O3S.C3H7N/c6-2(1-3(7,8)9)4(10,11)5(12,13)17(14,15)16;1-2-3-4/h2H,1H2,(H,14,15,16);2H,1,3-4H2. The molecule has 0 aromatic rings. The largest absolute Gasteiger partial charge is 0.434 e. The minimum atomic E-state index is -6.75. The SMILES string of the molecule is C=CCN.O=S(=O)(O)C(F)(F)C(F)(F)C(F)CC(F)(F)F. The molecule has 0 aromatic heterocycles. The molecule has 0 amide bonds. The smallest absolute Gasteiger partial charge is 0.327 e. The molecule has 0 aromatic carbocycles. The maximum Gasteiger partial charge on any atom is 0.434 e. The first kappa shape index (κ1) is 22.3. The summed E-state index contributed by atoms with van der Waals surface area (Å²) in [5, 5.41) is -6.36. The quantitative estimate of drug-likeness (QED) is 0.452. The second-order valence-electron chi connectivity index (χ2n) is 3.43. The molecule has 13 heteroatoms. The lowest BCUT2D eigenvalue weighted by molar-refractivity contribution is -0.227. The van der Waals surface area contributed by atoms with E-state index >= 15 is 0 Å². The van der Waals surface area contributed by atoms with Crippen LogP contribution in [0, 0.1) is 0 Å². The van der Waals surface area contributed by atoms with E-state index in [1.165, 1.54) is 0 Å². The molecule has 0 saturated heterocycles. The van der Waals surface area contributed by atoms with Crippen molar-refractivity contribution in [2.45, 2.75) is 29.9 Å². The monoisotopic (exact) mass is 353 g/mol. The average Bonchev–Trinajstić information content (AvgIpc) is 2.25. The lowest BCUT2D eigenvalue weighted by Crippen LogP contribution is -2.53. The van der Waals surface area contributed by atoms with Crippen LogP contribution in [0.3, 0.4) is 0 Å². The van der Waals surface area contributed by atoms with Gasteiger partial charge in [-0.1, -0.05) is 6.08 Å². The molecule has 21 heavy (non-hydrogen) atoms. The van der Waals surface area contributed by atoms with Gasteiger partial charge in [-0.05, 0) is 0 Å². The maximum atomic E-state index is 12.5. The van der Waals surface area contributed by atoms with E-state index < -0.39 is 40.1 Å². The molecular formula is C8H11F8NO3S. The summed E-state index contributed by atoms with van der Waals surface area (Å²) in [6.45, 7) is 3.94. The van der Waals surface area contributed by atoms with Gasteiger partial charge in [0.1, 0.15) is 0 Å². The summed E-state index contributed by atoms with van der Waals surface area (Å²) in [4.78, 5) is 0. The van der Waals surface area contributed by atoms with Crippen molar-refractivity contribution in [3.8, 4) is 0 Å². The van der Waals surface area contributed by atoms with E-state index in [4.69, 9.17) is 10.3 Å². The maximum absolute atomic E-state index is 12.5. The third-order valence-electron chi connectivity index (χ3n) is 1.68. The van der Waals surface area contributed by atoms with Gasteiger partial charge in [0.15, 0.2) is 6.17 Å². The molecule has 0 radical (unpaired) electrons. The Kier molecular flexibility index (Phi) is 7.82. The molecule has 0 bridgehead atoms. The minimum absolute atomic E-state index is 0.583. The third-order valence-corrected chi connectivity index (χ3v) is 2.60. The molecule has 0 spiro atoms. The molecule has 0 heterocycles. The van der Waals surface area contributed by atoms with Crippen molar-refractivity contribution in [2.75, 3.05) is 6.54 Å². The van der Waals surface area contributed by atoms with Crippen LogP contribution in [0.15, 0.2) is 12.7 Å². The highest BCUT2D eigenvalue weighted by Crippen LogP contribution is 2.44. The molecule has 3 N–H and O–H groups in total. The van der Waals surface area contributed by atoms with Crippen molar-refractivity contribution >= 4 is 10.1 Å². The summed E-state index contributed by atoms with van der Waals surface area (Å²) in [7, 11) is -6.75. The second kappa shape index (κ2) is 7.35. The van der Waals surface area contributed by atoms with Crippen molar-refractivity contribution in [3.05, 3.63) is 12.7 Å². The summed E-state index contributed by atoms with van der Waals surface area (Å²) >= 11 is 0. The van der Waals surface area contributed by atoms with Crippen molar-refractivity contribution in [2.24, 2.45) is 5.73 Å². The number of alkyl halides is 8. The number of halogens is 8. The van der Waals surface area contributed by atoms with Crippen LogP contribution in [0.4, 0.5) is 35.1 Å². The molecule has 0 saturated carbocycles. The Labute approximate surface area is 114 Å². The zero-order valence-electron chi connectivity index (χ0n) is 10.0. The average molecular weight is 353 g/mol. The van der Waals surface area contributed by atoms with Crippen molar-refractivity contribution in [1.29, 1.82) is 0 Å². The van der Waals surface area contributed by atoms with Crippen LogP contribution in [0.1, 0.15) is 6.42 Å². The van der Waals surface area contributed by atoms with Crippen LogP contribution in [0.5, 0.6) is 0 Å². The number of rotatable bonds is 5. The van der Waals surface area contributed by atoms with Crippen molar-refractivity contribution in [1.82, 2.24) is 0 Å². The molecule has 0 aliphatic heterocycles. The predicted octanol–water partition coefficient (Wildman–Crippen LogP) is 2.52. The highest BCUT2D eigenvalue weighted by molar-refractivity contribution is 7.87. The van der Waals surface area contributed by atoms with Crippen LogP contribution in [-0.4, -0.2) is 43.0 Å². The highest BCUT2D eigenvalue weighted by atomic mass is 32.2. The van der Waals surface area contributed by atoms with Gasteiger partial charge in [0.25, 0.3) is 0 Å². The van der Waals surface area contributed by atoms with Gasteiger partial charge in [-0.2, -0.15) is 39.2 Å². The Hall–Kier alpha value is -0.950. The Balaban J connectivity index is 0. The van der Waals surface area contributed by atoms with Crippen LogP contribution >= 0.6 is 0 Å². The molecule has 0 fully saturated rings. The minimum Gasteiger partial charge on any atom is -0.327 e. The zero-order valence-corrected chi connectivity index (χ0v) is 10.9. The van der Waals surface area contributed by atoms with E-state index in [0.717, 1.165) is 0 Å². The van der Waals surface area contributed by atoms with Gasteiger partial charge >= 0.3 is 27.5 Å². The van der Waals surface area contributed by atoms with Crippen LogP contribution in [0.2, 0.25) is 0 Å². The molecular weight excluding hydrogens is 342 g/mol. The molecule has 1 atom stereocenters. The van der Waals surface area contributed by atoms with Crippen LogP contribution < -0.4 is 5.73 Å². The Morgan fingerprint density at radius 1 is 1.14 bits per heavy atom. The van der Waals surface area contributed by atoms with Gasteiger partial charge in [-0.3, -0.25) is 4.55 Å². The topological polar surface area (TPSA) is 80.4 Å². The molecule has 1 unspecified atom stereocenters. The fourth-order valence-electron chi connectivity index (χ4n) is 0.686. The van der Waals surface area contributed by atoms with Crippen LogP contribution in [0.25, 0.3) is 0 Å². The van der Waals surface area contributed by atoms with Gasteiger partial charge in [-0.15, -0.1) is 6.58 Å². The van der Waals surface area contributed by atoms with E-state index in [9.17, 15) is 43.5 Å². The molecule has 0 aliphatic carbocycles. The van der Waals surface area contributed by atoms with Gasteiger partial charge < -0.3 is 5.73 Å². The summed E-state index contributed by atoms with van der Waals surface area (Å²) < 4.78 is 124. The lowest BCUT2D eigenvalue weighted by atomic mass is 10.1. The number of nitrogens with two attached hydrogens (primary N) is 1. The van der Waals surface area contributed by atoms with E-state index in [2.05, 4.69) is 6.58 Å². The number of hydrogen-bond acceptors (Lipinski definition) is 3. The zero-order chi connectivity index (χ0) is 17.7. The Morgan fingerprint density at radius 3 is 1.67 bits per heavy atom. The molecule has 4 nitrogen and oxygen atoms in total. The van der Waals surface area contributed by atoms with E-state index in [-0.39, 0.29) is 0 Å². The first-order chi connectivity index (χ1) is 9.04. The van der Waals surface area contributed by atoms with Crippen molar-refractivity contribution < 1.29 is 48.1 Å². The van der Waals surface area contributed by atoms with Gasteiger partial charge in [-0.25, -0.2) is 4.39 Å². The summed E-state index contributed by atoms with van der Waals surface area (Å²) in [5.41, 5.74) is 4.91. The van der Waals surface area contributed by atoms with Gasteiger partial charge in [0.2, 0.25) is 0 Å². The second-order valence-corrected chi connectivity index (χ2v) is 4.89. The lowest BCUT2D eigenvalue weighted by Gasteiger charge is -2.26. The highest BCUT2D eigenvalue weighted by Gasteiger charge is 2.70. The third kappa shape index (κ3) is 6.56. The summed E-state index contributed by atoms with van der Waals surface area (Å²) in [6, 6.07) is 0. The van der Waals surface area contributed by atoms with E-state index in [1.54, 1.807) is 6.08 Å². The van der Waals surface area contributed by atoms with Crippen molar-refractivity contribution in [3.63, 3.8) is 0 Å². The number of hydrogen-bond donors (Lipinski definition) is 2. The van der Waals surface area contributed by atoms with E-state index in [1.807, 2.05) is 0 Å². The molecule has 128 valence electrons. The normalized spacial score (nSPS) is 15.0. The first-order valence-corrected chi connectivity index (χ1v) is 6.23. The fourth-order valence-corrected chi connectivity index (χ4v) is 1.16.